The van der Waals surface area contributed by atoms with Gasteiger partial charge in [-0.15, -0.1) is 0 Å². The average Bonchev–Trinajstić information content (AvgIpc) is 2.36. The number of nitrogens with zero attached hydrogens (tertiary/aromatic N) is 1. The summed E-state index contributed by atoms with van der Waals surface area (Å²) in [7, 11) is -2.88. The number of piperazine rings is 1. The van der Waals surface area contributed by atoms with Crippen LogP contribution in [-0.4, -0.2) is 56.5 Å². The molecule has 0 radical (unpaired) electrons. The first-order chi connectivity index (χ1) is 9.31. The summed E-state index contributed by atoms with van der Waals surface area (Å²) in [5.41, 5.74) is 0.251. The van der Waals surface area contributed by atoms with E-state index < -0.39 is 9.84 Å². The fraction of sp³-hybridized carbons (Fsp3) is 1.00. The van der Waals surface area contributed by atoms with Crippen LogP contribution in [0.4, 0.5) is 0 Å². The molecule has 1 unspecified atom stereocenters. The van der Waals surface area contributed by atoms with E-state index >= 15 is 0 Å². The lowest BCUT2D eigenvalue weighted by molar-refractivity contribution is 0.0410. The van der Waals surface area contributed by atoms with Gasteiger partial charge in [-0.1, -0.05) is 33.1 Å². The zero-order chi connectivity index (χ0) is 14.8. The van der Waals surface area contributed by atoms with E-state index in [2.05, 4.69) is 24.1 Å². The van der Waals surface area contributed by atoms with Gasteiger partial charge in [-0.2, -0.15) is 0 Å². The number of sulfone groups is 1. The van der Waals surface area contributed by atoms with Crippen molar-refractivity contribution in [3.63, 3.8) is 0 Å². The molecule has 1 spiro atoms. The van der Waals surface area contributed by atoms with E-state index in [1.54, 1.807) is 0 Å². The van der Waals surface area contributed by atoms with Crippen molar-refractivity contribution in [3.8, 4) is 0 Å². The maximum Gasteiger partial charge on any atom is 0.148 e. The highest BCUT2D eigenvalue weighted by Crippen LogP contribution is 2.32. The van der Waals surface area contributed by atoms with Gasteiger partial charge in [0.15, 0.2) is 0 Å². The lowest BCUT2D eigenvalue weighted by Crippen LogP contribution is -2.66. The van der Waals surface area contributed by atoms with Crippen LogP contribution in [0.3, 0.4) is 0 Å². The van der Waals surface area contributed by atoms with Gasteiger partial charge in [-0.05, 0) is 18.8 Å². The van der Waals surface area contributed by atoms with Crippen molar-refractivity contribution in [3.05, 3.63) is 0 Å². The molecule has 1 aliphatic heterocycles. The highest BCUT2D eigenvalue weighted by molar-refractivity contribution is 7.90. The average molecular weight is 302 g/mol. The Morgan fingerprint density at radius 1 is 1.25 bits per heavy atom. The van der Waals surface area contributed by atoms with E-state index in [1.165, 1.54) is 38.4 Å². The molecule has 20 heavy (non-hydrogen) atoms. The first-order valence-corrected chi connectivity index (χ1v) is 10.0. The Morgan fingerprint density at radius 2 is 1.90 bits per heavy atom. The summed E-state index contributed by atoms with van der Waals surface area (Å²) < 4.78 is 23.0. The summed E-state index contributed by atoms with van der Waals surface area (Å²) in [6.07, 6.45) is 7.79. The van der Waals surface area contributed by atoms with Crippen LogP contribution in [0.1, 0.15) is 46.0 Å². The predicted molar refractivity (Wildman–Crippen MR) is 83.7 cm³/mol. The predicted octanol–water partition coefficient (Wildman–Crippen LogP) is 1.66. The fourth-order valence-electron chi connectivity index (χ4n) is 3.76. The summed E-state index contributed by atoms with van der Waals surface area (Å²) in [4.78, 5) is 2.44. The van der Waals surface area contributed by atoms with Gasteiger partial charge in [0.25, 0.3) is 0 Å². The summed E-state index contributed by atoms with van der Waals surface area (Å²) in [6.45, 7) is 7.18. The summed E-state index contributed by atoms with van der Waals surface area (Å²) >= 11 is 0. The summed E-state index contributed by atoms with van der Waals surface area (Å²) in [5, 5.41) is 3.80. The number of rotatable bonds is 4. The molecule has 0 bridgehead atoms. The zero-order valence-corrected chi connectivity index (χ0v) is 14.0. The van der Waals surface area contributed by atoms with Gasteiger partial charge in [0.05, 0.1) is 5.75 Å². The molecule has 2 fully saturated rings. The van der Waals surface area contributed by atoms with Gasteiger partial charge in [0.2, 0.25) is 0 Å². The minimum atomic E-state index is -2.88. The Hall–Kier alpha value is -0.130. The van der Waals surface area contributed by atoms with E-state index in [-0.39, 0.29) is 11.3 Å². The minimum absolute atomic E-state index is 0.251. The molecule has 0 aromatic rings. The quantitative estimate of drug-likeness (QED) is 0.858. The highest BCUT2D eigenvalue weighted by Gasteiger charge is 2.40. The molecule has 2 rings (SSSR count). The molecular weight excluding hydrogens is 272 g/mol. The maximum atomic E-state index is 11.5. The Labute approximate surface area is 124 Å². The maximum absolute atomic E-state index is 11.5. The van der Waals surface area contributed by atoms with Crippen LogP contribution in [0, 0.1) is 5.92 Å². The van der Waals surface area contributed by atoms with Crippen LogP contribution in [-0.2, 0) is 9.84 Å². The first kappa shape index (κ1) is 16.2. The van der Waals surface area contributed by atoms with Gasteiger partial charge in [0.1, 0.15) is 9.84 Å². The smallest absolute Gasteiger partial charge is 0.148 e. The van der Waals surface area contributed by atoms with Crippen LogP contribution in [0.2, 0.25) is 0 Å². The molecule has 1 atom stereocenters. The molecular formula is C15H30N2O2S. The normalized spacial score (nSPS) is 28.1. The molecule has 4 nitrogen and oxygen atoms in total. The summed E-state index contributed by atoms with van der Waals surface area (Å²) in [6, 6.07) is 0.462. The van der Waals surface area contributed by atoms with E-state index in [0.717, 1.165) is 13.1 Å². The van der Waals surface area contributed by atoms with Crippen molar-refractivity contribution in [2.75, 3.05) is 31.6 Å². The second-order valence-corrected chi connectivity index (χ2v) is 9.39. The topological polar surface area (TPSA) is 49.4 Å². The lowest BCUT2D eigenvalue weighted by Gasteiger charge is -2.51. The molecule has 1 saturated carbocycles. The monoisotopic (exact) mass is 302 g/mol. The molecule has 1 N–H and O–H groups in total. The van der Waals surface area contributed by atoms with Crippen LogP contribution >= 0.6 is 0 Å². The molecule has 1 saturated heterocycles. The first-order valence-electron chi connectivity index (χ1n) is 7.98. The van der Waals surface area contributed by atoms with Crippen molar-refractivity contribution in [1.29, 1.82) is 0 Å². The van der Waals surface area contributed by atoms with Crippen LogP contribution in [0.25, 0.3) is 0 Å². The van der Waals surface area contributed by atoms with Crippen LogP contribution in [0.5, 0.6) is 0 Å². The largest absolute Gasteiger partial charge is 0.308 e. The third-order valence-corrected chi connectivity index (χ3v) is 5.91. The molecule has 0 amide bonds. The minimum Gasteiger partial charge on any atom is -0.308 e. The molecule has 1 heterocycles. The van der Waals surface area contributed by atoms with E-state index in [0.29, 0.717) is 18.5 Å². The Bertz CT molecular complexity index is 414. The molecule has 0 aromatic heterocycles. The Morgan fingerprint density at radius 3 is 2.45 bits per heavy atom. The van der Waals surface area contributed by atoms with Gasteiger partial charge < -0.3 is 5.32 Å². The Kier molecular flexibility index (Phi) is 5.14. The second-order valence-electron chi connectivity index (χ2n) is 7.13. The highest BCUT2D eigenvalue weighted by atomic mass is 32.2. The van der Waals surface area contributed by atoms with Gasteiger partial charge >= 0.3 is 0 Å². The SMILES string of the molecule is CC(C)C1CNC2(CCCCC2)CN1CCS(C)(=O)=O. The van der Waals surface area contributed by atoms with Gasteiger partial charge in [0, 0.05) is 37.5 Å². The van der Waals surface area contributed by atoms with E-state index in [9.17, 15) is 8.42 Å². The molecule has 118 valence electrons. The summed E-state index contributed by atoms with van der Waals surface area (Å²) in [5.74, 6) is 0.842. The van der Waals surface area contributed by atoms with E-state index in [1.807, 2.05) is 0 Å². The number of hydrogen-bond donors (Lipinski definition) is 1. The number of hydrogen-bond acceptors (Lipinski definition) is 4. The third kappa shape index (κ3) is 4.18. The third-order valence-electron chi connectivity index (χ3n) is 4.99. The molecule has 2 aliphatic rings. The van der Waals surface area contributed by atoms with Crippen molar-refractivity contribution in [2.24, 2.45) is 5.92 Å². The van der Waals surface area contributed by atoms with Gasteiger partial charge in [-0.25, -0.2) is 8.42 Å². The van der Waals surface area contributed by atoms with Crippen molar-refractivity contribution in [1.82, 2.24) is 10.2 Å². The molecule has 0 aromatic carbocycles. The van der Waals surface area contributed by atoms with Crippen LogP contribution < -0.4 is 5.32 Å². The molecule has 5 heteroatoms. The van der Waals surface area contributed by atoms with Gasteiger partial charge in [-0.3, -0.25) is 4.90 Å². The van der Waals surface area contributed by atoms with Crippen LogP contribution in [0.15, 0.2) is 0 Å². The van der Waals surface area contributed by atoms with Crippen molar-refractivity contribution >= 4 is 9.84 Å². The van der Waals surface area contributed by atoms with Crippen molar-refractivity contribution in [2.45, 2.75) is 57.5 Å². The molecule has 1 aliphatic carbocycles. The number of nitrogens with one attached hydrogen (secondary N) is 1. The lowest BCUT2D eigenvalue weighted by atomic mass is 9.78. The van der Waals surface area contributed by atoms with E-state index in [4.69, 9.17) is 0 Å². The Balaban J connectivity index is 2.05. The van der Waals surface area contributed by atoms with Crippen molar-refractivity contribution < 1.29 is 8.42 Å². The zero-order valence-electron chi connectivity index (χ0n) is 13.2. The standard InChI is InChI=1S/C15H30N2O2S/c1-13(2)14-11-16-15(7-5-4-6-8-15)12-17(14)9-10-20(3,18)19/h13-14,16H,4-12H2,1-3H3. The second kappa shape index (κ2) is 6.32. The fourth-order valence-corrected chi connectivity index (χ4v) is 4.33.